The molecule has 0 aliphatic heterocycles. The van der Waals surface area contributed by atoms with Gasteiger partial charge >= 0.3 is 6.18 Å². The van der Waals surface area contributed by atoms with Crippen molar-refractivity contribution < 1.29 is 18.0 Å². The van der Waals surface area contributed by atoms with Crippen LogP contribution in [0.5, 0.6) is 0 Å². The normalized spacial score (nSPS) is 13.7. The van der Waals surface area contributed by atoms with E-state index < -0.39 is 17.8 Å². The Kier molecular flexibility index (Phi) is 7.36. The molecule has 0 aliphatic carbocycles. The number of nitrogens with two attached hydrogens (primary N) is 2. The van der Waals surface area contributed by atoms with Crippen LogP contribution in [0.25, 0.3) is 0 Å². The van der Waals surface area contributed by atoms with Crippen molar-refractivity contribution in [3.05, 3.63) is 69.6 Å². The Morgan fingerprint density at radius 2 is 2.11 bits per heavy atom. The van der Waals surface area contributed by atoms with Crippen LogP contribution in [0.1, 0.15) is 26.4 Å². The molecule has 1 amide bonds. The van der Waals surface area contributed by atoms with Crippen LogP contribution in [0.3, 0.4) is 0 Å². The zero-order valence-electron chi connectivity index (χ0n) is 15.2. The van der Waals surface area contributed by atoms with E-state index in [0.717, 1.165) is 17.7 Å². The second kappa shape index (κ2) is 9.52. The van der Waals surface area contributed by atoms with Crippen LogP contribution in [0.15, 0.2) is 53.0 Å². The van der Waals surface area contributed by atoms with Crippen LogP contribution in [0.2, 0.25) is 0 Å². The summed E-state index contributed by atoms with van der Waals surface area (Å²) in [6.07, 6.45) is -1.23. The molecule has 0 aliphatic rings. The zero-order valence-corrected chi connectivity index (χ0v) is 16.0. The van der Waals surface area contributed by atoms with Gasteiger partial charge in [0.15, 0.2) is 0 Å². The number of aliphatic imine (C=N–C) groups is 1. The molecule has 1 atom stereocenters. The maximum atomic E-state index is 12.9. The molecule has 1 heterocycles. The fourth-order valence-corrected chi connectivity index (χ4v) is 3.39. The van der Waals surface area contributed by atoms with Crippen molar-refractivity contribution >= 4 is 23.0 Å². The maximum absolute atomic E-state index is 12.9. The van der Waals surface area contributed by atoms with Crippen LogP contribution >= 0.6 is 11.3 Å². The Morgan fingerprint density at radius 1 is 1.36 bits per heavy atom. The van der Waals surface area contributed by atoms with E-state index in [2.05, 4.69) is 10.3 Å². The van der Waals surface area contributed by atoms with Crippen molar-refractivity contribution in [3.63, 3.8) is 0 Å². The van der Waals surface area contributed by atoms with E-state index >= 15 is 0 Å². The van der Waals surface area contributed by atoms with Gasteiger partial charge in [-0.3, -0.25) is 9.79 Å². The predicted octanol–water partition coefficient (Wildman–Crippen LogP) is 2.96. The predicted molar refractivity (Wildman–Crippen MR) is 106 cm³/mol. The molecule has 5 nitrogen and oxygen atoms in total. The van der Waals surface area contributed by atoms with Gasteiger partial charge in [-0.15, -0.1) is 11.3 Å². The Balaban J connectivity index is 2.09. The molecule has 9 heteroatoms. The number of nitrogens with zero attached hydrogens (tertiary/aromatic N) is 1. The van der Waals surface area contributed by atoms with Crippen LogP contribution in [-0.4, -0.2) is 31.3 Å². The first-order valence-electron chi connectivity index (χ1n) is 8.39. The first-order chi connectivity index (χ1) is 13.3. The summed E-state index contributed by atoms with van der Waals surface area (Å²) < 4.78 is 38.6. The number of alkyl halides is 3. The van der Waals surface area contributed by atoms with Crippen molar-refractivity contribution in [1.82, 2.24) is 5.32 Å². The van der Waals surface area contributed by atoms with Crippen molar-refractivity contribution in [2.24, 2.45) is 16.5 Å². The lowest BCUT2D eigenvalue weighted by Gasteiger charge is -2.17. The quantitative estimate of drug-likeness (QED) is 0.613. The second-order valence-corrected chi connectivity index (χ2v) is 6.89. The zero-order chi connectivity index (χ0) is 20.7. The number of hydrogen-bond acceptors (Lipinski definition) is 5. The van der Waals surface area contributed by atoms with E-state index in [-0.39, 0.29) is 18.9 Å². The number of hydrogen-bond donors (Lipinski definition) is 3. The van der Waals surface area contributed by atoms with E-state index in [1.807, 2.05) is 0 Å². The Bertz CT molecular complexity index is 874. The highest BCUT2D eigenvalue weighted by Gasteiger charge is 2.30. The van der Waals surface area contributed by atoms with Crippen molar-refractivity contribution in [2.45, 2.75) is 18.6 Å². The average Bonchev–Trinajstić information content (AvgIpc) is 3.15. The lowest BCUT2D eigenvalue weighted by molar-refractivity contribution is -0.137. The third-order valence-corrected chi connectivity index (χ3v) is 4.90. The minimum absolute atomic E-state index is 0.0950. The number of halogens is 3. The van der Waals surface area contributed by atoms with Crippen molar-refractivity contribution in [1.29, 1.82) is 0 Å². The summed E-state index contributed by atoms with van der Waals surface area (Å²) in [4.78, 5) is 17.0. The first-order valence-corrected chi connectivity index (χ1v) is 9.27. The molecule has 0 unspecified atom stereocenters. The van der Waals surface area contributed by atoms with Gasteiger partial charge in [-0.2, -0.15) is 13.2 Å². The minimum atomic E-state index is -4.42. The molecule has 0 fully saturated rings. The van der Waals surface area contributed by atoms with Crippen molar-refractivity contribution in [2.75, 3.05) is 13.6 Å². The molecule has 28 heavy (non-hydrogen) atoms. The molecule has 0 saturated heterocycles. The highest BCUT2D eigenvalue weighted by atomic mass is 32.1. The molecule has 0 spiro atoms. The van der Waals surface area contributed by atoms with Gasteiger partial charge in [0, 0.05) is 30.6 Å². The van der Waals surface area contributed by atoms with Crippen LogP contribution < -0.4 is 16.8 Å². The highest BCUT2D eigenvalue weighted by Crippen LogP contribution is 2.29. The van der Waals surface area contributed by atoms with Crippen molar-refractivity contribution in [3.8, 4) is 0 Å². The molecular formula is C19H21F3N4OS. The van der Waals surface area contributed by atoms with Crippen LogP contribution in [0, 0.1) is 0 Å². The third kappa shape index (κ3) is 5.67. The Hall–Kier alpha value is -2.65. The fraction of sp³-hybridized carbons (Fsp3) is 0.263. The largest absolute Gasteiger partial charge is 0.416 e. The molecule has 2 aromatic rings. The number of thiophene rings is 1. The molecule has 0 radical (unpaired) electrons. The van der Waals surface area contributed by atoms with E-state index in [1.165, 1.54) is 23.6 Å². The number of nitrogens with one attached hydrogen (secondary N) is 1. The molecular weight excluding hydrogens is 389 g/mol. The average molecular weight is 410 g/mol. The molecule has 1 aromatic heterocycles. The van der Waals surface area contributed by atoms with Crippen LogP contribution in [0.4, 0.5) is 13.2 Å². The molecule has 2 rings (SSSR count). The maximum Gasteiger partial charge on any atom is 0.416 e. The Labute approximate surface area is 165 Å². The van der Waals surface area contributed by atoms with Gasteiger partial charge in [-0.25, -0.2) is 0 Å². The van der Waals surface area contributed by atoms with Gasteiger partial charge in [-0.1, -0.05) is 18.2 Å². The highest BCUT2D eigenvalue weighted by molar-refractivity contribution is 7.12. The summed E-state index contributed by atoms with van der Waals surface area (Å²) in [5, 5.41) is 4.55. The molecule has 0 bridgehead atoms. The van der Waals surface area contributed by atoms with Gasteiger partial charge in [0.25, 0.3) is 5.91 Å². The third-order valence-electron chi connectivity index (χ3n) is 3.97. The molecule has 0 saturated carbocycles. The molecule has 150 valence electrons. The molecule has 5 N–H and O–H groups in total. The van der Waals surface area contributed by atoms with Gasteiger partial charge in [0.1, 0.15) is 0 Å². The van der Waals surface area contributed by atoms with Gasteiger partial charge in [-0.05, 0) is 36.4 Å². The smallest absolute Gasteiger partial charge is 0.405 e. The number of allylic oxidation sites excluding steroid dienone is 1. The monoisotopic (exact) mass is 410 g/mol. The number of amides is 1. The summed E-state index contributed by atoms with van der Waals surface area (Å²) >= 11 is 1.23. The standard InChI is InChI=1S/C19H21F3N4OS/c1-25-16(5-6-23)13-9-17(28-11-13)18(27)26-15(10-24)8-12-3-2-4-14(7-12)19(20,21)22/h2-7,9,11,15H,8,10,23-24H2,1H3,(H,26,27)/t15-/m0/s1. The minimum Gasteiger partial charge on any atom is -0.405 e. The lowest BCUT2D eigenvalue weighted by atomic mass is 10.0. The van der Waals surface area contributed by atoms with E-state index in [0.29, 0.717) is 16.2 Å². The van der Waals surface area contributed by atoms with E-state index in [9.17, 15) is 18.0 Å². The summed E-state index contributed by atoms with van der Waals surface area (Å²) in [5.74, 6) is -0.342. The number of carbonyl (C=O) groups excluding carboxylic acids is 1. The molecule has 1 aromatic carbocycles. The van der Waals surface area contributed by atoms with Gasteiger partial charge in [0.05, 0.1) is 16.2 Å². The number of benzene rings is 1. The summed E-state index contributed by atoms with van der Waals surface area (Å²) in [7, 11) is 1.62. The Morgan fingerprint density at radius 3 is 2.71 bits per heavy atom. The van der Waals surface area contributed by atoms with Gasteiger partial charge in [0.2, 0.25) is 0 Å². The van der Waals surface area contributed by atoms with Gasteiger partial charge < -0.3 is 16.8 Å². The topological polar surface area (TPSA) is 93.5 Å². The van der Waals surface area contributed by atoms with E-state index in [4.69, 9.17) is 11.5 Å². The number of carbonyl (C=O) groups is 1. The SMILES string of the molecule is CN=C(C=CN)c1csc(C(=O)N[C@H](CN)Cc2cccc(C(F)(F)F)c2)c1. The summed E-state index contributed by atoms with van der Waals surface area (Å²) in [6.45, 7) is 0.0950. The van der Waals surface area contributed by atoms with E-state index in [1.54, 1.807) is 30.6 Å². The summed E-state index contributed by atoms with van der Waals surface area (Å²) in [5.41, 5.74) is 12.2. The number of rotatable bonds is 7. The van der Waals surface area contributed by atoms with Crippen LogP contribution in [-0.2, 0) is 12.6 Å². The fourth-order valence-electron chi connectivity index (χ4n) is 2.59. The lowest BCUT2D eigenvalue weighted by Crippen LogP contribution is -2.41. The summed E-state index contributed by atoms with van der Waals surface area (Å²) in [6, 6.07) is 6.19. The second-order valence-electron chi connectivity index (χ2n) is 5.98. The first kappa shape index (κ1) is 21.6.